The summed E-state index contributed by atoms with van der Waals surface area (Å²) in [6.45, 7) is 0.815. The van der Waals surface area contributed by atoms with Crippen molar-refractivity contribution in [2.24, 2.45) is 0 Å². The standard InChI is InChI=1S/C12H16ClNOS/c1-16(15)7-6-14-12-5-2-9-8-10(13)3-4-11(9)12/h3-4,8,12,14H,2,5-7H2,1H3. The van der Waals surface area contributed by atoms with E-state index in [1.165, 1.54) is 11.1 Å². The molecule has 1 aliphatic rings. The molecule has 1 aliphatic carbocycles. The monoisotopic (exact) mass is 257 g/mol. The Morgan fingerprint density at radius 3 is 3.12 bits per heavy atom. The Balaban J connectivity index is 1.98. The van der Waals surface area contributed by atoms with Gasteiger partial charge < -0.3 is 5.32 Å². The van der Waals surface area contributed by atoms with Crippen molar-refractivity contribution in [3.8, 4) is 0 Å². The molecule has 1 aromatic rings. The van der Waals surface area contributed by atoms with E-state index in [2.05, 4.69) is 17.4 Å². The van der Waals surface area contributed by atoms with Crippen molar-refractivity contribution in [2.75, 3.05) is 18.6 Å². The molecule has 16 heavy (non-hydrogen) atoms. The molecule has 0 aliphatic heterocycles. The predicted molar refractivity (Wildman–Crippen MR) is 69.5 cm³/mol. The molecule has 4 heteroatoms. The summed E-state index contributed by atoms with van der Waals surface area (Å²) in [5, 5.41) is 4.27. The van der Waals surface area contributed by atoms with Gasteiger partial charge >= 0.3 is 0 Å². The molecule has 2 rings (SSSR count). The molecule has 0 bridgehead atoms. The van der Waals surface area contributed by atoms with Crippen LogP contribution in [0.25, 0.3) is 0 Å². The van der Waals surface area contributed by atoms with Crippen LogP contribution < -0.4 is 5.32 Å². The third kappa shape index (κ3) is 2.84. The van der Waals surface area contributed by atoms with Crippen LogP contribution in [0.1, 0.15) is 23.6 Å². The van der Waals surface area contributed by atoms with Crippen molar-refractivity contribution in [3.05, 3.63) is 34.3 Å². The van der Waals surface area contributed by atoms with Gasteiger partial charge in [-0.1, -0.05) is 17.7 Å². The number of hydrogen-bond donors (Lipinski definition) is 1. The first-order valence-electron chi connectivity index (χ1n) is 5.48. The highest BCUT2D eigenvalue weighted by atomic mass is 35.5. The van der Waals surface area contributed by atoms with Gasteiger partial charge in [0.2, 0.25) is 0 Å². The van der Waals surface area contributed by atoms with Crippen LogP contribution in [0.2, 0.25) is 5.02 Å². The summed E-state index contributed by atoms with van der Waals surface area (Å²) in [5.41, 5.74) is 2.70. The van der Waals surface area contributed by atoms with E-state index in [0.717, 1.165) is 30.2 Å². The van der Waals surface area contributed by atoms with Crippen LogP contribution in [-0.4, -0.2) is 22.8 Å². The second-order valence-electron chi connectivity index (χ2n) is 4.17. The van der Waals surface area contributed by atoms with Crippen molar-refractivity contribution < 1.29 is 4.21 Å². The highest BCUT2D eigenvalue weighted by Crippen LogP contribution is 2.32. The molecule has 2 nitrogen and oxygen atoms in total. The molecule has 0 fully saturated rings. The van der Waals surface area contributed by atoms with Gasteiger partial charge in [0.1, 0.15) is 0 Å². The minimum Gasteiger partial charge on any atom is -0.309 e. The van der Waals surface area contributed by atoms with Crippen molar-refractivity contribution >= 4 is 22.4 Å². The highest BCUT2D eigenvalue weighted by Gasteiger charge is 2.21. The Morgan fingerprint density at radius 1 is 1.56 bits per heavy atom. The zero-order valence-corrected chi connectivity index (χ0v) is 10.9. The maximum atomic E-state index is 11.0. The molecule has 0 saturated heterocycles. The highest BCUT2D eigenvalue weighted by molar-refractivity contribution is 7.84. The first-order chi connectivity index (χ1) is 7.66. The van der Waals surface area contributed by atoms with Gasteiger partial charge in [0.05, 0.1) is 0 Å². The van der Waals surface area contributed by atoms with E-state index >= 15 is 0 Å². The number of hydrogen-bond acceptors (Lipinski definition) is 2. The second kappa shape index (κ2) is 5.30. The summed E-state index contributed by atoms with van der Waals surface area (Å²) < 4.78 is 11.0. The first-order valence-corrected chi connectivity index (χ1v) is 7.59. The van der Waals surface area contributed by atoms with Crippen LogP contribution in [-0.2, 0) is 17.2 Å². The van der Waals surface area contributed by atoms with Crippen LogP contribution in [0.15, 0.2) is 18.2 Å². The van der Waals surface area contributed by atoms with Gasteiger partial charge in [0, 0.05) is 40.4 Å². The normalized spacial score (nSPS) is 20.8. The second-order valence-corrected chi connectivity index (χ2v) is 6.16. The van der Waals surface area contributed by atoms with Gasteiger partial charge in [-0.25, -0.2) is 0 Å². The number of halogens is 1. The van der Waals surface area contributed by atoms with Crippen LogP contribution >= 0.6 is 11.6 Å². The number of aryl methyl sites for hydroxylation is 1. The summed E-state index contributed by atoms with van der Waals surface area (Å²) in [6, 6.07) is 6.51. The molecular weight excluding hydrogens is 242 g/mol. The summed E-state index contributed by atoms with van der Waals surface area (Å²) >= 11 is 5.96. The van der Waals surface area contributed by atoms with Gasteiger partial charge in [-0.2, -0.15) is 0 Å². The summed E-state index contributed by atoms with van der Waals surface area (Å²) in [4.78, 5) is 0. The molecule has 0 amide bonds. The van der Waals surface area contributed by atoms with E-state index in [0.29, 0.717) is 6.04 Å². The van der Waals surface area contributed by atoms with Crippen LogP contribution in [0.4, 0.5) is 0 Å². The maximum absolute atomic E-state index is 11.0. The lowest BCUT2D eigenvalue weighted by atomic mass is 10.1. The number of benzene rings is 1. The average molecular weight is 258 g/mol. The number of nitrogens with one attached hydrogen (secondary N) is 1. The van der Waals surface area contributed by atoms with Crippen LogP contribution in [0.5, 0.6) is 0 Å². The zero-order chi connectivity index (χ0) is 11.5. The Labute approximate surface area is 104 Å². The van der Waals surface area contributed by atoms with E-state index in [9.17, 15) is 4.21 Å². The maximum Gasteiger partial charge on any atom is 0.0408 e. The smallest absolute Gasteiger partial charge is 0.0408 e. The lowest BCUT2D eigenvalue weighted by molar-refractivity contribution is 0.549. The average Bonchev–Trinajstić information content (AvgIpc) is 2.60. The fourth-order valence-corrected chi connectivity index (χ4v) is 2.78. The predicted octanol–water partition coefficient (Wildman–Crippen LogP) is 2.30. The van der Waals surface area contributed by atoms with Crippen LogP contribution in [0.3, 0.4) is 0 Å². The fourth-order valence-electron chi connectivity index (χ4n) is 2.18. The summed E-state index contributed by atoms with van der Waals surface area (Å²) in [7, 11) is -0.711. The SMILES string of the molecule is CS(=O)CCNC1CCc2cc(Cl)ccc21. The van der Waals surface area contributed by atoms with E-state index in [4.69, 9.17) is 11.6 Å². The Morgan fingerprint density at radius 2 is 2.38 bits per heavy atom. The van der Waals surface area contributed by atoms with Gasteiger partial charge in [0.25, 0.3) is 0 Å². The molecule has 0 aromatic heterocycles. The first kappa shape index (κ1) is 12.1. The summed E-state index contributed by atoms with van der Waals surface area (Å²) in [5.74, 6) is 0.722. The number of fused-ring (bicyclic) bond motifs is 1. The van der Waals surface area contributed by atoms with Crippen molar-refractivity contribution in [1.82, 2.24) is 5.32 Å². The van der Waals surface area contributed by atoms with Gasteiger partial charge in [-0.15, -0.1) is 0 Å². The van der Waals surface area contributed by atoms with E-state index < -0.39 is 10.8 Å². The topological polar surface area (TPSA) is 29.1 Å². The van der Waals surface area contributed by atoms with Crippen LogP contribution in [0, 0.1) is 0 Å². The largest absolute Gasteiger partial charge is 0.309 e. The van der Waals surface area contributed by atoms with Gasteiger partial charge in [-0.3, -0.25) is 4.21 Å². The van der Waals surface area contributed by atoms with E-state index in [1.54, 1.807) is 6.26 Å². The third-order valence-corrected chi connectivity index (χ3v) is 3.98. The molecule has 0 saturated carbocycles. The molecule has 1 aromatic carbocycles. The third-order valence-electron chi connectivity index (χ3n) is 2.96. The van der Waals surface area contributed by atoms with Gasteiger partial charge in [0.15, 0.2) is 0 Å². The minimum atomic E-state index is -0.711. The fraction of sp³-hybridized carbons (Fsp3) is 0.500. The molecule has 2 unspecified atom stereocenters. The summed E-state index contributed by atoms with van der Waals surface area (Å²) in [6.07, 6.45) is 3.94. The molecule has 0 radical (unpaired) electrons. The lowest BCUT2D eigenvalue weighted by Crippen LogP contribution is -2.24. The van der Waals surface area contributed by atoms with Crippen molar-refractivity contribution in [3.63, 3.8) is 0 Å². The molecule has 2 atom stereocenters. The molecule has 88 valence electrons. The molecule has 1 N–H and O–H groups in total. The van der Waals surface area contributed by atoms with E-state index in [1.807, 2.05) is 6.07 Å². The van der Waals surface area contributed by atoms with Crippen molar-refractivity contribution in [1.29, 1.82) is 0 Å². The van der Waals surface area contributed by atoms with Gasteiger partial charge in [-0.05, 0) is 36.1 Å². The Hall–Kier alpha value is -0.380. The minimum absolute atomic E-state index is 0.413. The Bertz CT molecular complexity index is 408. The Kier molecular flexibility index (Phi) is 4.00. The molecule has 0 heterocycles. The molecular formula is C12H16ClNOS. The zero-order valence-electron chi connectivity index (χ0n) is 9.33. The van der Waals surface area contributed by atoms with E-state index in [-0.39, 0.29) is 0 Å². The number of rotatable bonds is 4. The molecule has 0 spiro atoms. The lowest BCUT2D eigenvalue weighted by Gasteiger charge is -2.13. The quantitative estimate of drug-likeness (QED) is 0.897. The van der Waals surface area contributed by atoms with Crippen molar-refractivity contribution in [2.45, 2.75) is 18.9 Å².